The van der Waals surface area contributed by atoms with E-state index in [0.717, 1.165) is 11.2 Å². The van der Waals surface area contributed by atoms with Crippen LogP contribution < -0.4 is 0 Å². The van der Waals surface area contributed by atoms with Crippen molar-refractivity contribution in [3.63, 3.8) is 0 Å². The van der Waals surface area contributed by atoms with Crippen molar-refractivity contribution in [1.29, 1.82) is 0 Å². The lowest BCUT2D eigenvalue weighted by atomic mass is 10.2. The first-order valence-corrected chi connectivity index (χ1v) is 4.56. The first kappa shape index (κ1) is 9.71. The van der Waals surface area contributed by atoms with E-state index in [9.17, 15) is 0 Å². The molecule has 2 aromatic heterocycles. The van der Waals surface area contributed by atoms with Gasteiger partial charge in [0.1, 0.15) is 0 Å². The Kier molecular flexibility index (Phi) is 3.01. The SMILES string of the molecule is CC.Cc1nn2ncccc2c1C. The average Bonchev–Trinajstić information content (AvgIpc) is 2.47. The number of nitrogens with zero attached hydrogens (tertiary/aromatic N) is 3. The molecule has 0 atom stereocenters. The van der Waals surface area contributed by atoms with Crippen molar-refractivity contribution in [3.8, 4) is 0 Å². The molecule has 2 heterocycles. The summed E-state index contributed by atoms with van der Waals surface area (Å²) in [6.07, 6.45) is 1.74. The summed E-state index contributed by atoms with van der Waals surface area (Å²) in [7, 11) is 0. The first-order valence-electron chi connectivity index (χ1n) is 4.56. The molecular weight excluding hydrogens is 162 g/mol. The van der Waals surface area contributed by atoms with E-state index >= 15 is 0 Å². The van der Waals surface area contributed by atoms with E-state index in [1.165, 1.54) is 5.56 Å². The fraction of sp³-hybridized carbons (Fsp3) is 0.400. The Hall–Kier alpha value is -1.38. The molecule has 0 bridgehead atoms. The molecule has 3 heteroatoms. The summed E-state index contributed by atoms with van der Waals surface area (Å²) in [6.45, 7) is 8.04. The van der Waals surface area contributed by atoms with Crippen molar-refractivity contribution in [2.75, 3.05) is 0 Å². The molecule has 2 aromatic rings. The highest BCUT2D eigenvalue weighted by Gasteiger charge is 2.02. The Morgan fingerprint density at radius 1 is 1.23 bits per heavy atom. The van der Waals surface area contributed by atoms with Gasteiger partial charge in [-0.1, -0.05) is 13.8 Å². The predicted molar refractivity (Wildman–Crippen MR) is 53.8 cm³/mol. The number of aryl methyl sites for hydroxylation is 2. The third-order valence-electron chi connectivity index (χ3n) is 1.90. The van der Waals surface area contributed by atoms with E-state index in [1.54, 1.807) is 10.8 Å². The van der Waals surface area contributed by atoms with Crippen LogP contribution in [0.3, 0.4) is 0 Å². The average molecular weight is 177 g/mol. The highest BCUT2D eigenvalue weighted by molar-refractivity contribution is 5.53. The molecule has 0 N–H and O–H groups in total. The standard InChI is InChI=1S/C8H9N3.C2H6/c1-6-7(2)10-11-8(6)4-3-5-9-11;1-2/h3-5H,1-2H3;1-2H3. The molecule has 0 saturated heterocycles. The zero-order chi connectivity index (χ0) is 9.84. The molecule has 3 nitrogen and oxygen atoms in total. The Morgan fingerprint density at radius 3 is 2.54 bits per heavy atom. The molecule has 0 saturated carbocycles. The van der Waals surface area contributed by atoms with Crippen LogP contribution in [0.25, 0.3) is 5.52 Å². The monoisotopic (exact) mass is 177 g/mol. The van der Waals surface area contributed by atoms with Crippen LogP contribution >= 0.6 is 0 Å². The maximum atomic E-state index is 4.22. The molecule has 0 radical (unpaired) electrons. The van der Waals surface area contributed by atoms with Gasteiger partial charge in [0.15, 0.2) is 0 Å². The largest absolute Gasteiger partial charge is 0.159 e. The molecule has 0 aliphatic carbocycles. The second kappa shape index (κ2) is 4.03. The maximum Gasteiger partial charge on any atom is 0.0905 e. The normalized spacial score (nSPS) is 9.54. The fourth-order valence-corrected chi connectivity index (χ4v) is 1.12. The van der Waals surface area contributed by atoms with Crippen LogP contribution in [0.2, 0.25) is 0 Å². The van der Waals surface area contributed by atoms with Gasteiger partial charge in [0.2, 0.25) is 0 Å². The summed E-state index contributed by atoms with van der Waals surface area (Å²) < 4.78 is 1.66. The van der Waals surface area contributed by atoms with E-state index in [-0.39, 0.29) is 0 Å². The van der Waals surface area contributed by atoms with E-state index in [0.29, 0.717) is 0 Å². The Morgan fingerprint density at radius 2 is 1.92 bits per heavy atom. The molecule has 0 aromatic carbocycles. The van der Waals surface area contributed by atoms with Crippen LogP contribution in [0.15, 0.2) is 18.3 Å². The first-order chi connectivity index (χ1) is 6.29. The molecule has 0 aliphatic rings. The Balaban J connectivity index is 0.000000396. The zero-order valence-electron chi connectivity index (χ0n) is 8.57. The van der Waals surface area contributed by atoms with E-state index in [1.807, 2.05) is 32.9 Å². The molecule has 0 aliphatic heterocycles. The molecule has 13 heavy (non-hydrogen) atoms. The lowest BCUT2D eigenvalue weighted by Gasteiger charge is -1.88. The molecular formula is C10H15N3. The summed E-state index contributed by atoms with van der Waals surface area (Å²) in [5.74, 6) is 0. The second-order valence-electron chi connectivity index (χ2n) is 2.61. The lowest BCUT2D eigenvalue weighted by Crippen LogP contribution is -1.90. The number of fused-ring (bicyclic) bond motifs is 1. The molecule has 0 spiro atoms. The van der Waals surface area contributed by atoms with Crippen molar-refractivity contribution in [2.24, 2.45) is 0 Å². The quantitative estimate of drug-likeness (QED) is 0.618. The van der Waals surface area contributed by atoms with Gasteiger partial charge in [-0.15, -0.1) is 0 Å². The molecule has 0 amide bonds. The summed E-state index contributed by atoms with van der Waals surface area (Å²) in [4.78, 5) is 0. The number of hydrogen-bond donors (Lipinski definition) is 0. The van der Waals surface area contributed by atoms with Gasteiger partial charge in [0.05, 0.1) is 11.2 Å². The van der Waals surface area contributed by atoms with Gasteiger partial charge < -0.3 is 0 Å². The van der Waals surface area contributed by atoms with E-state index in [4.69, 9.17) is 0 Å². The summed E-state index contributed by atoms with van der Waals surface area (Å²) in [5.41, 5.74) is 3.34. The lowest BCUT2D eigenvalue weighted by molar-refractivity contribution is 0.787. The van der Waals surface area contributed by atoms with Gasteiger partial charge in [-0.25, -0.2) is 0 Å². The van der Waals surface area contributed by atoms with Gasteiger partial charge >= 0.3 is 0 Å². The van der Waals surface area contributed by atoms with Crippen LogP contribution in [-0.4, -0.2) is 14.8 Å². The summed E-state index contributed by atoms with van der Waals surface area (Å²) in [5, 5.41) is 8.29. The van der Waals surface area contributed by atoms with Crippen molar-refractivity contribution in [3.05, 3.63) is 29.6 Å². The third-order valence-corrected chi connectivity index (χ3v) is 1.90. The highest BCUT2D eigenvalue weighted by atomic mass is 15.4. The minimum atomic E-state index is 1.05. The minimum Gasteiger partial charge on any atom is -0.159 e. The van der Waals surface area contributed by atoms with E-state index < -0.39 is 0 Å². The Bertz CT molecular complexity index is 390. The van der Waals surface area contributed by atoms with Gasteiger partial charge in [-0.3, -0.25) is 0 Å². The zero-order valence-corrected chi connectivity index (χ0v) is 8.57. The van der Waals surface area contributed by atoms with Crippen molar-refractivity contribution >= 4 is 5.52 Å². The molecule has 0 unspecified atom stereocenters. The Labute approximate surface area is 78.4 Å². The predicted octanol–water partition coefficient (Wildman–Crippen LogP) is 2.37. The van der Waals surface area contributed by atoms with Crippen molar-refractivity contribution in [2.45, 2.75) is 27.7 Å². The molecule has 70 valence electrons. The molecule has 0 fully saturated rings. The number of rotatable bonds is 0. The van der Waals surface area contributed by atoms with Crippen molar-refractivity contribution in [1.82, 2.24) is 14.8 Å². The van der Waals surface area contributed by atoms with Gasteiger partial charge in [-0.2, -0.15) is 14.8 Å². The minimum absolute atomic E-state index is 1.05. The third kappa shape index (κ3) is 1.69. The van der Waals surface area contributed by atoms with Crippen LogP contribution in [0, 0.1) is 13.8 Å². The topological polar surface area (TPSA) is 30.2 Å². The second-order valence-corrected chi connectivity index (χ2v) is 2.61. The maximum absolute atomic E-state index is 4.22. The fourth-order valence-electron chi connectivity index (χ4n) is 1.12. The van der Waals surface area contributed by atoms with Crippen molar-refractivity contribution < 1.29 is 0 Å². The van der Waals surface area contributed by atoms with Crippen LogP contribution in [-0.2, 0) is 0 Å². The summed E-state index contributed by atoms with van der Waals surface area (Å²) in [6, 6.07) is 3.94. The molecule has 2 rings (SSSR count). The van der Waals surface area contributed by atoms with Crippen LogP contribution in [0.4, 0.5) is 0 Å². The summed E-state index contributed by atoms with van der Waals surface area (Å²) >= 11 is 0. The van der Waals surface area contributed by atoms with Crippen LogP contribution in [0.1, 0.15) is 25.1 Å². The number of aromatic nitrogens is 3. The van der Waals surface area contributed by atoms with Gasteiger partial charge in [-0.05, 0) is 31.5 Å². The van der Waals surface area contributed by atoms with E-state index in [2.05, 4.69) is 17.1 Å². The highest BCUT2D eigenvalue weighted by Crippen LogP contribution is 2.10. The smallest absolute Gasteiger partial charge is 0.0905 e. The number of hydrogen-bond acceptors (Lipinski definition) is 2. The van der Waals surface area contributed by atoms with Gasteiger partial charge in [0, 0.05) is 6.20 Å². The van der Waals surface area contributed by atoms with Crippen LogP contribution in [0.5, 0.6) is 0 Å². The van der Waals surface area contributed by atoms with Gasteiger partial charge in [0.25, 0.3) is 0 Å².